The van der Waals surface area contributed by atoms with Crippen molar-refractivity contribution in [3.8, 4) is 0 Å². The third-order valence-corrected chi connectivity index (χ3v) is 1.30. The molecule has 0 aromatic carbocycles. The molecule has 0 saturated carbocycles. The van der Waals surface area contributed by atoms with Crippen LogP contribution in [0.2, 0.25) is 0 Å². The minimum atomic E-state index is 0.0936. The van der Waals surface area contributed by atoms with Crippen LogP contribution in [-0.4, -0.2) is 25.7 Å². The maximum Gasteiger partial charge on any atom is 0.203 e. The summed E-state index contributed by atoms with van der Waals surface area (Å²) >= 11 is 0. The van der Waals surface area contributed by atoms with Gasteiger partial charge in [0, 0.05) is 7.11 Å². The zero-order valence-corrected chi connectivity index (χ0v) is 7.00. The summed E-state index contributed by atoms with van der Waals surface area (Å²) in [6.07, 6.45) is 0.885. The Hall–Kier alpha value is -0.810. The molecule has 0 radical (unpaired) electrons. The predicted octanol–water partition coefficient (Wildman–Crippen LogP) is -0.811. The SMILES string of the molecule is CCC(COC)N=C(N)NN. The lowest BCUT2D eigenvalue weighted by Crippen LogP contribution is -2.38. The number of aliphatic imine (C=N–C) groups is 1. The van der Waals surface area contributed by atoms with Crippen LogP contribution in [0.4, 0.5) is 0 Å². The van der Waals surface area contributed by atoms with Gasteiger partial charge in [0.2, 0.25) is 5.96 Å². The second-order valence-electron chi connectivity index (χ2n) is 2.18. The number of nitrogens with one attached hydrogen (secondary N) is 1. The number of guanidine groups is 1. The molecule has 0 aromatic heterocycles. The van der Waals surface area contributed by atoms with Crippen molar-refractivity contribution in [3.05, 3.63) is 0 Å². The van der Waals surface area contributed by atoms with Gasteiger partial charge in [0.1, 0.15) is 0 Å². The number of rotatable bonds is 4. The summed E-state index contributed by atoms with van der Waals surface area (Å²) in [5.41, 5.74) is 7.60. The molecule has 0 heterocycles. The van der Waals surface area contributed by atoms with Crippen molar-refractivity contribution in [1.82, 2.24) is 5.43 Å². The highest BCUT2D eigenvalue weighted by Crippen LogP contribution is 1.96. The molecule has 1 unspecified atom stereocenters. The van der Waals surface area contributed by atoms with E-state index in [0.717, 1.165) is 6.42 Å². The van der Waals surface area contributed by atoms with E-state index in [4.69, 9.17) is 16.3 Å². The van der Waals surface area contributed by atoms with E-state index in [1.165, 1.54) is 0 Å². The second kappa shape index (κ2) is 5.94. The summed E-state index contributed by atoms with van der Waals surface area (Å²) in [4.78, 5) is 4.04. The Labute approximate surface area is 66.8 Å². The van der Waals surface area contributed by atoms with E-state index in [1.54, 1.807) is 7.11 Å². The summed E-state index contributed by atoms with van der Waals surface area (Å²) in [5.74, 6) is 5.27. The minimum absolute atomic E-state index is 0.0936. The first kappa shape index (κ1) is 10.2. The molecule has 11 heavy (non-hydrogen) atoms. The summed E-state index contributed by atoms with van der Waals surface area (Å²) in [7, 11) is 1.63. The van der Waals surface area contributed by atoms with Crippen LogP contribution in [0, 0.1) is 0 Å². The minimum Gasteiger partial charge on any atom is -0.382 e. The first-order chi connectivity index (χ1) is 5.24. The Bertz CT molecular complexity index is 126. The summed E-state index contributed by atoms with van der Waals surface area (Å²) in [6, 6.07) is 0.0936. The maximum atomic E-state index is 5.34. The van der Waals surface area contributed by atoms with Crippen LogP contribution >= 0.6 is 0 Å². The van der Waals surface area contributed by atoms with Crippen LogP contribution in [0.5, 0.6) is 0 Å². The van der Waals surface area contributed by atoms with Gasteiger partial charge < -0.3 is 10.5 Å². The van der Waals surface area contributed by atoms with Crippen molar-refractivity contribution in [2.75, 3.05) is 13.7 Å². The number of ether oxygens (including phenoxy) is 1. The summed E-state index contributed by atoms with van der Waals surface area (Å²) < 4.78 is 4.91. The van der Waals surface area contributed by atoms with Gasteiger partial charge in [-0.15, -0.1) is 0 Å². The molecule has 5 N–H and O–H groups in total. The lowest BCUT2D eigenvalue weighted by Gasteiger charge is -2.08. The van der Waals surface area contributed by atoms with Gasteiger partial charge in [0.15, 0.2) is 0 Å². The number of hydrazine groups is 1. The molecule has 66 valence electrons. The molecule has 0 aliphatic carbocycles. The van der Waals surface area contributed by atoms with Crippen molar-refractivity contribution in [3.63, 3.8) is 0 Å². The standard InChI is InChI=1S/C6H16N4O/c1-3-5(4-11-2)9-6(7)10-8/h5H,3-4,8H2,1-2H3,(H3,7,9,10). The molecule has 0 rings (SSSR count). The van der Waals surface area contributed by atoms with Gasteiger partial charge in [-0.3, -0.25) is 5.43 Å². The fraction of sp³-hybridized carbons (Fsp3) is 0.833. The molecule has 0 saturated heterocycles. The Balaban J connectivity index is 3.84. The van der Waals surface area contributed by atoms with Crippen molar-refractivity contribution < 1.29 is 4.74 Å². The van der Waals surface area contributed by atoms with Crippen molar-refractivity contribution in [2.45, 2.75) is 19.4 Å². The molecule has 5 heteroatoms. The fourth-order valence-corrected chi connectivity index (χ4v) is 0.673. The molecular weight excluding hydrogens is 144 g/mol. The largest absolute Gasteiger partial charge is 0.382 e. The summed E-state index contributed by atoms with van der Waals surface area (Å²) in [6.45, 7) is 2.58. The molecule has 1 atom stereocenters. The molecule has 0 aromatic rings. The number of hydrogen-bond acceptors (Lipinski definition) is 3. The second-order valence-corrected chi connectivity index (χ2v) is 2.18. The monoisotopic (exact) mass is 160 g/mol. The third-order valence-electron chi connectivity index (χ3n) is 1.30. The van der Waals surface area contributed by atoms with Crippen LogP contribution in [0.1, 0.15) is 13.3 Å². The highest BCUT2D eigenvalue weighted by Gasteiger charge is 2.02. The Morgan fingerprint density at radius 2 is 2.36 bits per heavy atom. The molecule has 0 aliphatic heterocycles. The van der Waals surface area contributed by atoms with Crippen LogP contribution in [-0.2, 0) is 4.74 Å². The molecule has 0 aliphatic rings. The fourth-order valence-electron chi connectivity index (χ4n) is 0.673. The lowest BCUT2D eigenvalue weighted by atomic mass is 10.2. The van der Waals surface area contributed by atoms with Gasteiger partial charge in [-0.1, -0.05) is 6.92 Å². The zero-order chi connectivity index (χ0) is 8.69. The van der Waals surface area contributed by atoms with Gasteiger partial charge in [-0.25, -0.2) is 10.8 Å². The number of nitrogens with two attached hydrogens (primary N) is 2. The molecular formula is C6H16N4O. The number of hydrogen-bond donors (Lipinski definition) is 3. The average molecular weight is 160 g/mol. The van der Waals surface area contributed by atoms with Crippen molar-refractivity contribution in [2.24, 2.45) is 16.6 Å². The lowest BCUT2D eigenvalue weighted by molar-refractivity contribution is 0.179. The van der Waals surface area contributed by atoms with E-state index >= 15 is 0 Å². The van der Waals surface area contributed by atoms with Crippen molar-refractivity contribution >= 4 is 5.96 Å². The molecule has 0 fully saturated rings. The Kier molecular flexibility index (Phi) is 5.50. The van der Waals surface area contributed by atoms with Gasteiger partial charge in [0.05, 0.1) is 12.6 Å². The predicted molar refractivity (Wildman–Crippen MR) is 44.9 cm³/mol. The topological polar surface area (TPSA) is 85.7 Å². The highest BCUT2D eigenvalue weighted by molar-refractivity contribution is 5.77. The third kappa shape index (κ3) is 4.58. The van der Waals surface area contributed by atoms with Crippen molar-refractivity contribution in [1.29, 1.82) is 0 Å². The molecule has 5 nitrogen and oxygen atoms in total. The van der Waals surface area contributed by atoms with Gasteiger partial charge in [0.25, 0.3) is 0 Å². The zero-order valence-electron chi connectivity index (χ0n) is 7.00. The van der Waals surface area contributed by atoms with E-state index in [2.05, 4.69) is 10.4 Å². The van der Waals surface area contributed by atoms with E-state index in [9.17, 15) is 0 Å². The number of methoxy groups -OCH3 is 1. The van der Waals surface area contributed by atoms with Gasteiger partial charge >= 0.3 is 0 Å². The van der Waals surface area contributed by atoms with Gasteiger partial charge in [-0.2, -0.15) is 0 Å². The van der Waals surface area contributed by atoms with E-state index in [-0.39, 0.29) is 12.0 Å². The van der Waals surface area contributed by atoms with E-state index < -0.39 is 0 Å². The number of nitrogens with zero attached hydrogens (tertiary/aromatic N) is 1. The first-order valence-corrected chi connectivity index (χ1v) is 3.53. The quantitative estimate of drug-likeness (QED) is 0.217. The molecule has 0 bridgehead atoms. The normalized spacial score (nSPS) is 14.6. The van der Waals surface area contributed by atoms with Crippen LogP contribution < -0.4 is 17.0 Å². The average Bonchev–Trinajstić information content (AvgIpc) is 2.03. The molecule has 0 amide bonds. The maximum absolute atomic E-state index is 5.34. The smallest absolute Gasteiger partial charge is 0.203 e. The molecule has 0 spiro atoms. The first-order valence-electron chi connectivity index (χ1n) is 3.53. The summed E-state index contributed by atoms with van der Waals surface area (Å²) in [5, 5.41) is 0. The highest BCUT2D eigenvalue weighted by atomic mass is 16.5. The van der Waals surface area contributed by atoms with Crippen LogP contribution in [0.15, 0.2) is 4.99 Å². The van der Waals surface area contributed by atoms with Gasteiger partial charge in [-0.05, 0) is 6.42 Å². The Morgan fingerprint density at radius 3 is 2.73 bits per heavy atom. The van der Waals surface area contributed by atoms with Crippen LogP contribution in [0.25, 0.3) is 0 Å². The Morgan fingerprint density at radius 1 is 1.73 bits per heavy atom. The van der Waals surface area contributed by atoms with Crippen LogP contribution in [0.3, 0.4) is 0 Å². The van der Waals surface area contributed by atoms with E-state index in [0.29, 0.717) is 6.61 Å². The van der Waals surface area contributed by atoms with E-state index in [1.807, 2.05) is 6.92 Å².